The molecule has 2 atom stereocenters. The Morgan fingerprint density at radius 2 is 0.770 bits per heavy atom. The second kappa shape index (κ2) is 51.0. The average molecular weight is 860 g/mol. The van der Waals surface area contributed by atoms with Gasteiger partial charge in [0.1, 0.15) is 0 Å². The van der Waals surface area contributed by atoms with E-state index in [1.165, 1.54) is 212 Å². The molecule has 0 spiro atoms. The zero-order valence-electron chi connectivity index (χ0n) is 40.9. The molecule has 0 heterocycles. The van der Waals surface area contributed by atoms with Gasteiger partial charge in [-0.1, -0.05) is 244 Å². The van der Waals surface area contributed by atoms with E-state index in [9.17, 15) is 19.8 Å². The predicted octanol–water partition coefficient (Wildman–Crippen LogP) is 16.3. The molecule has 0 aliphatic rings. The first kappa shape index (κ1) is 59.3. The Hall–Kier alpha value is -1.66. The maximum absolute atomic E-state index is 12.4. The summed E-state index contributed by atoms with van der Waals surface area (Å²) in [5.41, 5.74) is 0. The highest BCUT2D eigenvalue weighted by atomic mass is 16.5. The minimum Gasteiger partial charge on any atom is -0.466 e. The molecule has 0 aromatic carbocycles. The van der Waals surface area contributed by atoms with Crippen LogP contribution < -0.4 is 5.32 Å². The molecule has 360 valence electrons. The quantitative estimate of drug-likeness (QED) is 0.0322. The Bertz CT molecular complexity index is 951. The molecule has 1 amide bonds. The van der Waals surface area contributed by atoms with Gasteiger partial charge in [-0.2, -0.15) is 0 Å². The van der Waals surface area contributed by atoms with Crippen LogP contribution in [0.4, 0.5) is 0 Å². The molecule has 0 bridgehead atoms. The van der Waals surface area contributed by atoms with Crippen LogP contribution in [0, 0.1) is 0 Å². The molecule has 0 aromatic rings. The number of esters is 1. The summed E-state index contributed by atoms with van der Waals surface area (Å²) in [5.74, 6) is -0.0741. The van der Waals surface area contributed by atoms with Crippen molar-refractivity contribution >= 4 is 11.9 Å². The number of amides is 1. The van der Waals surface area contributed by atoms with Crippen molar-refractivity contribution in [3.8, 4) is 0 Å². The maximum Gasteiger partial charge on any atom is 0.305 e. The molecule has 0 radical (unpaired) electrons. The number of aliphatic hydroxyl groups excluding tert-OH is 2. The minimum atomic E-state index is -0.849. The van der Waals surface area contributed by atoms with E-state index in [2.05, 4.69) is 31.3 Å². The van der Waals surface area contributed by atoms with E-state index in [-0.39, 0.29) is 18.5 Å². The molecular formula is C55H105NO5. The number of carbonyl (C=O) groups excluding carboxylic acids is 2. The topological polar surface area (TPSA) is 95.9 Å². The lowest BCUT2D eigenvalue weighted by Gasteiger charge is -2.20. The maximum atomic E-state index is 12.4. The van der Waals surface area contributed by atoms with E-state index in [1.807, 2.05) is 6.08 Å². The Morgan fingerprint density at radius 3 is 1.16 bits per heavy atom. The summed E-state index contributed by atoms with van der Waals surface area (Å²) < 4.78 is 5.46. The SMILES string of the molecule is CCCCCCCCCCCCC/C=C/C(O)C(CO)NC(=O)CCCCCCCCC/C=C\CCCCCCCCCCOC(=O)CCCCCCCCCCCCCC. The van der Waals surface area contributed by atoms with Gasteiger partial charge < -0.3 is 20.3 Å². The summed E-state index contributed by atoms with van der Waals surface area (Å²) in [4.78, 5) is 24.4. The molecule has 0 aromatic heterocycles. The summed E-state index contributed by atoms with van der Waals surface area (Å²) >= 11 is 0. The van der Waals surface area contributed by atoms with E-state index < -0.39 is 12.1 Å². The van der Waals surface area contributed by atoms with Crippen molar-refractivity contribution in [1.82, 2.24) is 5.32 Å². The number of rotatable bonds is 50. The number of nitrogens with one attached hydrogen (secondary N) is 1. The van der Waals surface area contributed by atoms with Gasteiger partial charge in [0.25, 0.3) is 0 Å². The molecule has 61 heavy (non-hydrogen) atoms. The summed E-state index contributed by atoms with van der Waals surface area (Å²) in [5, 5.41) is 23.0. The number of aliphatic hydroxyl groups is 2. The first-order valence-electron chi connectivity index (χ1n) is 27.1. The number of ether oxygens (including phenoxy) is 1. The highest BCUT2D eigenvalue weighted by Gasteiger charge is 2.18. The minimum absolute atomic E-state index is 0.00362. The fourth-order valence-corrected chi connectivity index (χ4v) is 8.27. The third-order valence-electron chi connectivity index (χ3n) is 12.5. The lowest BCUT2D eigenvalue weighted by atomic mass is 10.0. The van der Waals surface area contributed by atoms with E-state index in [4.69, 9.17) is 4.74 Å². The van der Waals surface area contributed by atoms with Crippen LogP contribution in [0.15, 0.2) is 24.3 Å². The molecule has 0 aliphatic heterocycles. The summed E-state index contributed by atoms with van der Waals surface area (Å²) in [6.07, 6.45) is 60.4. The van der Waals surface area contributed by atoms with Crippen molar-refractivity contribution in [2.24, 2.45) is 0 Å². The van der Waals surface area contributed by atoms with Crippen LogP contribution in [0.3, 0.4) is 0 Å². The molecular weight excluding hydrogens is 755 g/mol. The molecule has 2 unspecified atom stereocenters. The normalized spacial score (nSPS) is 12.8. The van der Waals surface area contributed by atoms with E-state index in [0.29, 0.717) is 19.4 Å². The Morgan fingerprint density at radius 1 is 0.443 bits per heavy atom. The standard InChI is InChI=1S/C55H105NO5/c1-3-5-7-9-11-13-15-24-27-31-35-39-43-47-53(58)52(51-57)56-54(59)48-44-40-36-32-28-25-22-20-18-17-19-21-23-26-30-34-38-42-46-50-61-55(60)49-45-41-37-33-29-16-14-12-10-8-6-4-2/h17-18,43,47,52-53,57-58H,3-16,19-42,44-46,48-51H2,1-2H3,(H,56,59)/b18-17-,47-43+. The van der Waals surface area contributed by atoms with Crippen molar-refractivity contribution in [2.45, 2.75) is 302 Å². The van der Waals surface area contributed by atoms with Crippen molar-refractivity contribution < 1.29 is 24.5 Å². The molecule has 0 saturated heterocycles. The number of hydrogen-bond donors (Lipinski definition) is 3. The lowest BCUT2D eigenvalue weighted by Crippen LogP contribution is -2.45. The van der Waals surface area contributed by atoms with Crippen LogP contribution in [0.2, 0.25) is 0 Å². The summed E-state index contributed by atoms with van der Waals surface area (Å²) in [6, 6.07) is -0.633. The van der Waals surface area contributed by atoms with Gasteiger partial charge in [-0.15, -0.1) is 0 Å². The van der Waals surface area contributed by atoms with Crippen LogP contribution >= 0.6 is 0 Å². The van der Waals surface area contributed by atoms with E-state index in [1.54, 1.807) is 6.08 Å². The fraction of sp³-hybridized carbons (Fsp3) is 0.891. The number of carbonyl (C=O) groups is 2. The molecule has 0 saturated carbocycles. The zero-order valence-corrected chi connectivity index (χ0v) is 40.9. The monoisotopic (exact) mass is 860 g/mol. The Balaban J connectivity index is 3.46. The Kier molecular flexibility index (Phi) is 49.6. The van der Waals surface area contributed by atoms with Gasteiger partial charge in [-0.3, -0.25) is 9.59 Å². The van der Waals surface area contributed by atoms with Gasteiger partial charge in [-0.25, -0.2) is 0 Å². The number of unbranched alkanes of at least 4 members (excludes halogenated alkanes) is 37. The lowest BCUT2D eigenvalue weighted by molar-refractivity contribution is -0.143. The van der Waals surface area contributed by atoms with Crippen LogP contribution in [-0.4, -0.2) is 47.4 Å². The van der Waals surface area contributed by atoms with Crippen LogP contribution in [0.25, 0.3) is 0 Å². The second-order valence-electron chi connectivity index (χ2n) is 18.6. The predicted molar refractivity (Wildman–Crippen MR) is 264 cm³/mol. The van der Waals surface area contributed by atoms with Gasteiger partial charge in [-0.05, 0) is 57.8 Å². The molecule has 6 heteroatoms. The van der Waals surface area contributed by atoms with Gasteiger partial charge in [0.05, 0.1) is 25.4 Å². The number of allylic oxidation sites excluding steroid dienone is 3. The summed E-state index contributed by atoms with van der Waals surface area (Å²) in [6.45, 7) is 4.89. The molecule has 3 N–H and O–H groups in total. The molecule has 0 rings (SSSR count). The Labute approximate surface area is 380 Å². The first-order chi connectivity index (χ1) is 30.0. The molecule has 0 fully saturated rings. The van der Waals surface area contributed by atoms with Gasteiger partial charge in [0.2, 0.25) is 5.91 Å². The van der Waals surface area contributed by atoms with Crippen LogP contribution in [0.1, 0.15) is 290 Å². The first-order valence-corrected chi connectivity index (χ1v) is 27.1. The van der Waals surface area contributed by atoms with Gasteiger partial charge in [0.15, 0.2) is 0 Å². The van der Waals surface area contributed by atoms with E-state index in [0.717, 1.165) is 51.4 Å². The zero-order chi connectivity index (χ0) is 44.4. The van der Waals surface area contributed by atoms with Crippen molar-refractivity contribution in [1.29, 1.82) is 0 Å². The smallest absolute Gasteiger partial charge is 0.305 e. The third-order valence-corrected chi connectivity index (χ3v) is 12.5. The fourth-order valence-electron chi connectivity index (χ4n) is 8.27. The van der Waals surface area contributed by atoms with E-state index >= 15 is 0 Å². The third kappa shape index (κ3) is 47.7. The molecule has 6 nitrogen and oxygen atoms in total. The highest BCUT2D eigenvalue weighted by molar-refractivity contribution is 5.76. The van der Waals surface area contributed by atoms with Crippen LogP contribution in [0.5, 0.6) is 0 Å². The number of hydrogen-bond acceptors (Lipinski definition) is 5. The van der Waals surface area contributed by atoms with Gasteiger partial charge >= 0.3 is 5.97 Å². The van der Waals surface area contributed by atoms with Gasteiger partial charge in [0, 0.05) is 12.8 Å². The van der Waals surface area contributed by atoms with Crippen LogP contribution in [-0.2, 0) is 14.3 Å². The van der Waals surface area contributed by atoms with Crippen molar-refractivity contribution in [2.75, 3.05) is 13.2 Å². The largest absolute Gasteiger partial charge is 0.466 e. The van der Waals surface area contributed by atoms with Crippen molar-refractivity contribution in [3.05, 3.63) is 24.3 Å². The second-order valence-corrected chi connectivity index (χ2v) is 18.6. The summed E-state index contributed by atoms with van der Waals surface area (Å²) in [7, 11) is 0. The molecule has 0 aliphatic carbocycles. The highest BCUT2D eigenvalue weighted by Crippen LogP contribution is 2.16. The van der Waals surface area contributed by atoms with Crippen molar-refractivity contribution in [3.63, 3.8) is 0 Å². The average Bonchev–Trinajstić information content (AvgIpc) is 3.26.